The summed E-state index contributed by atoms with van der Waals surface area (Å²) in [5, 5.41) is 4.69. The number of carbonyl (C=O) groups is 1. The van der Waals surface area contributed by atoms with Crippen molar-refractivity contribution < 1.29 is 4.79 Å². The predicted octanol–water partition coefficient (Wildman–Crippen LogP) is 4.72. The van der Waals surface area contributed by atoms with Crippen molar-refractivity contribution in [1.29, 1.82) is 0 Å². The van der Waals surface area contributed by atoms with Crippen molar-refractivity contribution in [3.63, 3.8) is 0 Å². The zero-order valence-electron chi connectivity index (χ0n) is 18.7. The summed E-state index contributed by atoms with van der Waals surface area (Å²) < 4.78 is 1.86. The molecule has 0 unspecified atom stereocenters. The van der Waals surface area contributed by atoms with Gasteiger partial charge in [0.2, 0.25) is 5.91 Å². The van der Waals surface area contributed by atoms with Gasteiger partial charge in [0, 0.05) is 18.7 Å². The number of aryl methyl sites for hydroxylation is 2. The van der Waals surface area contributed by atoms with Gasteiger partial charge in [0.05, 0.1) is 23.5 Å². The molecule has 0 fully saturated rings. The van der Waals surface area contributed by atoms with Gasteiger partial charge < -0.3 is 4.90 Å². The number of imidazole rings is 1. The Hall–Kier alpha value is -2.69. The molecule has 1 amide bonds. The van der Waals surface area contributed by atoms with E-state index >= 15 is 0 Å². The normalized spacial score (nSPS) is 11.8. The molecule has 0 atom stereocenters. The van der Waals surface area contributed by atoms with Crippen molar-refractivity contribution in [3.8, 4) is 11.3 Å². The highest BCUT2D eigenvalue weighted by Gasteiger charge is 2.22. The Morgan fingerprint density at radius 2 is 1.69 bits per heavy atom. The van der Waals surface area contributed by atoms with Crippen LogP contribution in [-0.4, -0.2) is 38.5 Å². The fourth-order valence-electron chi connectivity index (χ4n) is 3.72. The van der Waals surface area contributed by atoms with E-state index in [1.54, 1.807) is 0 Å². The number of nitrogens with zero attached hydrogens (tertiary/aromatic N) is 4. The van der Waals surface area contributed by atoms with Crippen LogP contribution >= 0.6 is 0 Å². The second kappa shape index (κ2) is 7.97. The lowest BCUT2D eigenvalue weighted by Crippen LogP contribution is -2.32. The van der Waals surface area contributed by atoms with E-state index in [0.717, 1.165) is 33.9 Å². The highest BCUT2D eigenvalue weighted by atomic mass is 16.2. The van der Waals surface area contributed by atoms with Gasteiger partial charge >= 0.3 is 0 Å². The summed E-state index contributed by atoms with van der Waals surface area (Å²) in [6.07, 6.45) is 0.287. The van der Waals surface area contributed by atoms with Crippen LogP contribution in [0.3, 0.4) is 0 Å². The lowest BCUT2D eigenvalue weighted by Gasteiger charge is -2.19. The number of amides is 1. The highest BCUT2D eigenvalue weighted by molar-refractivity contribution is 5.81. The molecule has 0 bridgehead atoms. The van der Waals surface area contributed by atoms with Gasteiger partial charge in [-0.15, -0.1) is 0 Å². The van der Waals surface area contributed by atoms with Crippen molar-refractivity contribution in [2.45, 2.75) is 60.3 Å². The first-order valence-corrected chi connectivity index (χ1v) is 10.4. The third kappa shape index (κ3) is 4.19. The van der Waals surface area contributed by atoms with E-state index < -0.39 is 0 Å². The van der Waals surface area contributed by atoms with Crippen molar-refractivity contribution >= 4 is 11.6 Å². The number of hydrogen-bond acceptors (Lipinski definition) is 3. The molecule has 3 rings (SSSR count). The second-order valence-corrected chi connectivity index (χ2v) is 8.68. The third-order valence-corrected chi connectivity index (χ3v) is 5.44. The van der Waals surface area contributed by atoms with Crippen molar-refractivity contribution in [3.05, 3.63) is 52.8 Å². The third-order valence-electron chi connectivity index (χ3n) is 5.44. The number of rotatable bonds is 5. The second-order valence-electron chi connectivity index (χ2n) is 8.68. The van der Waals surface area contributed by atoms with Gasteiger partial charge in [0.15, 0.2) is 5.65 Å². The number of benzene rings is 1. The molecule has 29 heavy (non-hydrogen) atoms. The minimum atomic E-state index is 0.0915. The van der Waals surface area contributed by atoms with Crippen LogP contribution in [0.4, 0.5) is 0 Å². The average Bonchev–Trinajstić information content (AvgIpc) is 3.01. The first-order chi connectivity index (χ1) is 13.7. The van der Waals surface area contributed by atoms with Crippen molar-refractivity contribution in [2.75, 3.05) is 13.1 Å². The molecular formula is C24H32N4O. The van der Waals surface area contributed by atoms with Gasteiger partial charge in [-0.3, -0.25) is 4.79 Å². The number of hydrogen-bond donors (Lipinski definition) is 0. The van der Waals surface area contributed by atoms with Gasteiger partial charge in [-0.25, -0.2) is 9.50 Å². The Morgan fingerprint density at radius 1 is 1.07 bits per heavy atom. The van der Waals surface area contributed by atoms with Crippen LogP contribution in [0.5, 0.6) is 0 Å². The van der Waals surface area contributed by atoms with Crippen LogP contribution in [0.25, 0.3) is 16.9 Å². The van der Waals surface area contributed by atoms with E-state index in [9.17, 15) is 4.79 Å². The van der Waals surface area contributed by atoms with E-state index in [4.69, 9.17) is 4.98 Å². The Kier molecular flexibility index (Phi) is 5.78. The molecule has 0 N–H and O–H groups in total. The SMILES string of the molecule is CCN(CC)C(=O)Cc1c(-c2ccc(C(C)(C)C)cc2)nc2c(C)cc(C)nn12. The molecule has 0 aliphatic heterocycles. The van der Waals surface area contributed by atoms with Gasteiger partial charge in [0.25, 0.3) is 0 Å². The van der Waals surface area contributed by atoms with Crippen LogP contribution in [-0.2, 0) is 16.6 Å². The molecular weight excluding hydrogens is 360 g/mol. The van der Waals surface area contributed by atoms with Gasteiger partial charge in [-0.05, 0) is 50.3 Å². The molecule has 5 heteroatoms. The lowest BCUT2D eigenvalue weighted by atomic mass is 9.86. The van der Waals surface area contributed by atoms with Crippen LogP contribution in [0.2, 0.25) is 0 Å². The van der Waals surface area contributed by atoms with Crippen LogP contribution in [0.1, 0.15) is 57.1 Å². The topological polar surface area (TPSA) is 50.5 Å². The van der Waals surface area contributed by atoms with Crippen LogP contribution in [0.15, 0.2) is 30.3 Å². The minimum Gasteiger partial charge on any atom is -0.343 e. The average molecular weight is 393 g/mol. The van der Waals surface area contributed by atoms with Crippen LogP contribution in [0, 0.1) is 13.8 Å². The smallest absolute Gasteiger partial charge is 0.228 e. The summed E-state index contributed by atoms with van der Waals surface area (Å²) in [6, 6.07) is 10.6. The van der Waals surface area contributed by atoms with E-state index in [-0.39, 0.29) is 17.7 Å². The van der Waals surface area contributed by atoms with E-state index in [1.807, 2.05) is 43.2 Å². The van der Waals surface area contributed by atoms with Gasteiger partial charge in [-0.2, -0.15) is 5.10 Å². The summed E-state index contributed by atoms with van der Waals surface area (Å²) in [5.74, 6) is 0.102. The molecule has 0 spiro atoms. The summed E-state index contributed by atoms with van der Waals surface area (Å²) >= 11 is 0. The molecule has 3 aromatic rings. The molecule has 0 aliphatic carbocycles. The molecule has 5 nitrogen and oxygen atoms in total. The minimum absolute atomic E-state index is 0.0915. The van der Waals surface area contributed by atoms with Crippen LogP contribution < -0.4 is 0 Å². The molecule has 2 aromatic heterocycles. The summed E-state index contributed by atoms with van der Waals surface area (Å²) in [6.45, 7) is 16.1. The number of likely N-dealkylation sites (N-methyl/N-ethyl adjacent to an activating group) is 1. The molecule has 0 saturated carbocycles. The predicted molar refractivity (Wildman–Crippen MR) is 118 cm³/mol. The first kappa shape index (κ1) is 21.0. The maximum atomic E-state index is 12.9. The number of carbonyl (C=O) groups excluding carboxylic acids is 1. The van der Waals surface area contributed by atoms with E-state index in [2.05, 4.69) is 50.1 Å². The summed E-state index contributed by atoms with van der Waals surface area (Å²) in [7, 11) is 0. The fourth-order valence-corrected chi connectivity index (χ4v) is 3.72. The molecule has 1 aromatic carbocycles. The quantitative estimate of drug-likeness (QED) is 0.631. The Labute approximate surface area is 173 Å². The molecule has 0 aliphatic rings. The first-order valence-electron chi connectivity index (χ1n) is 10.4. The van der Waals surface area contributed by atoms with Crippen molar-refractivity contribution in [1.82, 2.24) is 19.5 Å². The molecule has 0 saturated heterocycles. The van der Waals surface area contributed by atoms with E-state index in [1.165, 1.54) is 5.56 Å². The maximum absolute atomic E-state index is 12.9. The largest absolute Gasteiger partial charge is 0.343 e. The number of aromatic nitrogens is 3. The monoisotopic (exact) mass is 392 g/mol. The molecule has 2 heterocycles. The molecule has 0 radical (unpaired) electrons. The maximum Gasteiger partial charge on any atom is 0.228 e. The fraction of sp³-hybridized carbons (Fsp3) is 0.458. The molecule has 154 valence electrons. The van der Waals surface area contributed by atoms with Gasteiger partial charge in [0.1, 0.15) is 0 Å². The summed E-state index contributed by atoms with van der Waals surface area (Å²) in [5.41, 5.74) is 6.87. The lowest BCUT2D eigenvalue weighted by molar-refractivity contribution is -0.130. The Bertz CT molecular complexity index is 1020. The van der Waals surface area contributed by atoms with E-state index in [0.29, 0.717) is 13.1 Å². The Balaban J connectivity index is 2.15. The zero-order valence-corrected chi connectivity index (χ0v) is 18.7. The zero-order chi connectivity index (χ0) is 21.3. The van der Waals surface area contributed by atoms with Gasteiger partial charge in [-0.1, -0.05) is 45.0 Å². The number of fused-ring (bicyclic) bond motifs is 1. The summed E-state index contributed by atoms with van der Waals surface area (Å²) in [4.78, 5) is 19.7. The standard InChI is InChI=1S/C24H32N4O/c1-8-27(9-2)21(29)15-20-22(18-10-12-19(13-11-18)24(5,6)7)25-23-16(3)14-17(4)26-28(20)23/h10-14H,8-9,15H2,1-7H3. The Morgan fingerprint density at radius 3 is 2.24 bits per heavy atom. The van der Waals surface area contributed by atoms with Crippen molar-refractivity contribution in [2.24, 2.45) is 0 Å². The highest BCUT2D eigenvalue weighted by Crippen LogP contribution is 2.29.